The molecule has 0 saturated carbocycles. The van der Waals surface area contributed by atoms with Gasteiger partial charge in [-0.25, -0.2) is 23.0 Å². The molecule has 1 atom stereocenters. The van der Waals surface area contributed by atoms with Crippen molar-refractivity contribution < 1.29 is 36.3 Å². The van der Waals surface area contributed by atoms with Crippen molar-refractivity contribution in [2.24, 2.45) is 0 Å². The summed E-state index contributed by atoms with van der Waals surface area (Å²) in [4.78, 5) is 27.4. The van der Waals surface area contributed by atoms with Crippen molar-refractivity contribution in [2.45, 2.75) is 32.7 Å². The molecule has 3 amide bonds. The summed E-state index contributed by atoms with van der Waals surface area (Å²) in [6, 6.07) is 1.60. The third-order valence-corrected chi connectivity index (χ3v) is 4.80. The predicted octanol–water partition coefficient (Wildman–Crippen LogP) is 5.23. The molecule has 0 unspecified atom stereocenters. The maximum atomic E-state index is 14.9. The van der Waals surface area contributed by atoms with E-state index in [1.807, 2.05) is 0 Å². The standard InChI is InChI=1S/C20H19Cl2F5N4O3/c1-3-31(30-19(32)18(26)27)20(33)29-9(2)16-14(23)4-10(7-28-16)12-5-11(21)6-13(22)17(12)34-8-15(24)25/h4-7,9,15,18H,3,8H2,1-2H3,(H,29,33)(H,30,32)/t9-/m1/s1. The second-order valence-corrected chi connectivity index (χ2v) is 7.59. The number of benzene rings is 1. The monoisotopic (exact) mass is 528 g/mol. The molecule has 7 nitrogen and oxygen atoms in total. The van der Waals surface area contributed by atoms with Gasteiger partial charge < -0.3 is 10.1 Å². The number of ether oxygens (including phenoxy) is 1. The second-order valence-electron chi connectivity index (χ2n) is 6.75. The lowest BCUT2D eigenvalue weighted by Crippen LogP contribution is -2.52. The third-order valence-electron chi connectivity index (χ3n) is 4.30. The number of hydrogen-bond donors (Lipinski definition) is 2. The highest BCUT2D eigenvalue weighted by molar-refractivity contribution is 6.36. The van der Waals surface area contributed by atoms with E-state index < -0.39 is 43.3 Å². The second kappa shape index (κ2) is 12.0. The van der Waals surface area contributed by atoms with Crippen LogP contribution in [0.2, 0.25) is 10.0 Å². The average molecular weight is 529 g/mol. The highest BCUT2D eigenvalue weighted by atomic mass is 35.5. The summed E-state index contributed by atoms with van der Waals surface area (Å²) >= 11 is 12.0. The van der Waals surface area contributed by atoms with Crippen LogP contribution >= 0.6 is 23.2 Å². The van der Waals surface area contributed by atoms with Gasteiger partial charge in [-0.1, -0.05) is 23.2 Å². The first-order chi connectivity index (χ1) is 15.9. The molecule has 34 heavy (non-hydrogen) atoms. The number of nitrogens with one attached hydrogen (secondary N) is 2. The third kappa shape index (κ3) is 7.07. The minimum atomic E-state index is -3.33. The van der Waals surface area contributed by atoms with Crippen LogP contribution < -0.4 is 15.5 Å². The van der Waals surface area contributed by atoms with Crippen LogP contribution in [-0.4, -0.2) is 47.9 Å². The molecule has 14 heteroatoms. The van der Waals surface area contributed by atoms with Crippen LogP contribution in [0.4, 0.5) is 26.7 Å². The van der Waals surface area contributed by atoms with E-state index in [0.717, 1.165) is 6.07 Å². The number of urea groups is 1. The van der Waals surface area contributed by atoms with Crippen molar-refractivity contribution >= 4 is 35.1 Å². The van der Waals surface area contributed by atoms with Gasteiger partial charge in [-0.05, 0) is 32.0 Å². The van der Waals surface area contributed by atoms with Crippen molar-refractivity contribution in [1.82, 2.24) is 20.7 Å². The van der Waals surface area contributed by atoms with Crippen molar-refractivity contribution in [2.75, 3.05) is 13.2 Å². The Morgan fingerprint density at radius 3 is 2.41 bits per heavy atom. The van der Waals surface area contributed by atoms with Gasteiger partial charge in [0.2, 0.25) is 0 Å². The van der Waals surface area contributed by atoms with E-state index in [4.69, 9.17) is 27.9 Å². The summed E-state index contributed by atoms with van der Waals surface area (Å²) in [5.41, 5.74) is 1.72. The zero-order chi connectivity index (χ0) is 25.6. The molecule has 0 aliphatic rings. The highest BCUT2D eigenvalue weighted by Gasteiger charge is 2.24. The molecule has 0 bridgehead atoms. The molecule has 0 radical (unpaired) electrons. The lowest BCUT2D eigenvalue weighted by molar-refractivity contribution is -0.135. The van der Waals surface area contributed by atoms with Crippen LogP contribution in [0.1, 0.15) is 25.6 Å². The zero-order valence-corrected chi connectivity index (χ0v) is 19.2. The molecular formula is C20H19Cl2F5N4O3. The Balaban J connectivity index is 2.27. The van der Waals surface area contributed by atoms with E-state index >= 15 is 0 Å². The first kappa shape index (κ1) is 27.4. The van der Waals surface area contributed by atoms with Crippen LogP contribution in [0.15, 0.2) is 24.4 Å². The smallest absolute Gasteiger partial charge is 0.336 e. The van der Waals surface area contributed by atoms with Crippen LogP contribution in [0.5, 0.6) is 5.75 Å². The summed E-state index contributed by atoms with van der Waals surface area (Å²) in [7, 11) is 0. The Morgan fingerprint density at radius 2 is 1.85 bits per heavy atom. The molecule has 0 saturated heterocycles. The number of carbonyl (C=O) groups is 2. The quantitative estimate of drug-likeness (QED) is 0.363. The predicted molar refractivity (Wildman–Crippen MR) is 115 cm³/mol. The van der Waals surface area contributed by atoms with Crippen LogP contribution in [-0.2, 0) is 4.79 Å². The van der Waals surface area contributed by atoms with Gasteiger partial charge in [0, 0.05) is 28.9 Å². The Hall–Kier alpha value is -2.86. The fraction of sp³-hybridized carbons (Fsp3) is 0.350. The summed E-state index contributed by atoms with van der Waals surface area (Å²) in [5, 5.41) is 2.99. The summed E-state index contributed by atoms with van der Waals surface area (Å²) in [5.74, 6) is -2.71. The molecule has 0 aliphatic heterocycles. The molecule has 0 fully saturated rings. The molecule has 1 aromatic heterocycles. The number of amides is 3. The molecule has 2 rings (SSSR count). The van der Waals surface area contributed by atoms with Gasteiger partial charge in [0.15, 0.2) is 0 Å². The van der Waals surface area contributed by atoms with Crippen LogP contribution in [0, 0.1) is 5.82 Å². The number of hydrogen-bond acceptors (Lipinski definition) is 4. The van der Waals surface area contributed by atoms with Gasteiger partial charge in [-0.15, -0.1) is 0 Å². The van der Waals surface area contributed by atoms with Gasteiger partial charge in [0.1, 0.15) is 18.2 Å². The Kier molecular flexibility index (Phi) is 9.68. The van der Waals surface area contributed by atoms with Gasteiger partial charge in [0.05, 0.1) is 16.8 Å². The number of pyridine rings is 1. The van der Waals surface area contributed by atoms with Gasteiger partial charge in [-0.3, -0.25) is 15.2 Å². The topological polar surface area (TPSA) is 83.6 Å². The molecule has 0 aliphatic carbocycles. The van der Waals surface area contributed by atoms with Crippen molar-refractivity contribution in [1.29, 1.82) is 0 Å². The Morgan fingerprint density at radius 1 is 1.18 bits per heavy atom. The molecular weight excluding hydrogens is 510 g/mol. The fourth-order valence-corrected chi connectivity index (χ4v) is 3.32. The molecule has 1 aromatic carbocycles. The molecule has 186 valence electrons. The fourth-order valence-electron chi connectivity index (χ4n) is 2.77. The maximum absolute atomic E-state index is 14.9. The molecule has 1 heterocycles. The van der Waals surface area contributed by atoms with Gasteiger partial charge in [-0.2, -0.15) is 8.78 Å². The van der Waals surface area contributed by atoms with E-state index in [1.54, 1.807) is 5.43 Å². The number of rotatable bonds is 8. The summed E-state index contributed by atoms with van der Waals surface area (Å²) < 4.78 is 70.0. The maximum Gasteiger partial charge on any atom is 0.336 e. The highest BCUT2D eigenvalue weighted by Crippen LogP contribution is 2.39. The molecule has 0 spiro atoms. The number of hydrazine groups is 1. The van der Waals surface area contributed by atoms with Crippen molar-refractivity contribution in [3.63, 3.8) is 0 Å². The van der Waals surface area contributed by atoms with Crippen molar-refractivity contribution in [3.8, 4) is 16.9 Å². The summed E-state index contributed by atoms with van der Waals surface area (Å²) in [6.07, 6.45) is -4.93. The van der Waals surface area contributed by atoms with E-state index in [1.165, 1.54) is 32.2 Å². The SMILES string of the molecule is CCN(NC(=O)C(F)F)C(=O)N[C@H](C)c1ncc(-c2cc(Cl)cc(Cl)c2OCC(F)F)cc1F. The van der Waals surface area contributed by atoms with E-state index in [9.17, 15) is 31.5 Å². The largest absolute Gasteiger partial charge is 0.485 e. The lowest BCUT2D eigenvalue weighted by Gasteiger charge is -2.24. The summed E-state index contributed by atoms with van der Waals surface area (Å²) in [6.45, 7) is 1.69. The average Bonchev–Trinajstić information content (AvgIpc) is 2.75. The first-order valence-electron chi connectivity index (χ1n) is 9.67. The lowest BCUT2D eigenvalue weighted by atomic mass is 10.0. The number of alkyl halides is 4. The van der Waals surface area contributed by atoms with Gasteiger partial charge >= 0.3 is 18.4 Å². The first-order valence-corrected chi connectivity index (χ1v) is 10.4. The van der Waals surface area contributed by atoms with Crippen molar-refractivity contribution in [3.05, 3.63) is 46.0 Å². The molecule has 2 aromatic rings. The number of halogens is 7. The normalized spacial score (nSPS) is 12.0. The minimum Gasteiger partial charge on any atom is -0.485 e. The number of aromatic nitrogens is 1. The van der Waals surface area contributed by atoms with Crippen LogP contribution in [0.25, 0.3) is 11.1 Å². The van der Waals surface area contributed by atoms with Gasteiger partial charge in [0.25, 0.3) is 6.43 Å². The minimum absolute atomic E-state index is 0.0706. The Bertz CT molecular complexity index is 1050. The number of carbonyl (C=O) groups excluding carboxylic acids is 2. The zero-order valence-electron chi connectivity index (χ0n) is 17.7. The molecule has 2 N–H and O–H groups in total. The number of nitrogens with zero attached hydrogens (tertiary/aromatic N) is 2. The van der Waals surface area contributed by atoms with E-state index in [0.29, 0.717) is 5.01 Å². The van der Waals surface area contributed by atoms with E-state index in [-0.39, 0.29) is 39.2 Å². The van der Waals surface area contributed by atoms with Crippen LogP contribution in [0.3, 0.4) is 0 Å². The van der Waals surface area contributed by atoms with E-state index in [2.05, 4.69) is 10.3 Å². The Labute approximate surface area is 201 Å².